The van der Waals surface area contributed by atoms with Gasteiger partial charge in [-0.25, -0.2) is 0 Å². The van der Waals surface area contributed by atoms with Crippen molar-refractivity contribution in [2.24, 2.45) is 5.92 Å². The average molecular weight is 194 g/mol. The zero-order chi connectivity index (χ0) is 10.6. The quantitative estimate of drug-likeness (QED) is 0.638. The number of hydrogen-bond acceptors (Lipinski definition) is 2. The Bertz CT molecular complexity index is 261. The van der Waals surface area contributed by atoms with Gasteiger partial charge in [-0.2, -0.15) is 0 Å². The molecule has 0 aromatic heterocycles. The van der Waals surface area contributed by atoms with Gasteiger partial charge in [0, 0.05) is 0 Å². The van der Waals surface area contributed by atoms with Gasteiger partial charge >= 0.3 is 0 Å². The van der Waals surface area contributed by atoms with Crippen LogP contribution < -0.4 is 0 Å². The highest BCUT2D eigenvalue weighted by Crippen LogP contribution is 2.16. The summed E-state index contributed by atoms with van der Waals surface area (Å²) in [7, 11) is 0. The maximum Gasteiger partial charge on any atom is 0.189 e. The van der Waals surface area contributed by atoms with Crippen LogP contribution in [0, 0.1) is 5.92 Å². The van der Waals surface area contributed by atoms with E-state index in [1.54, 1.807) is 0 Å². The lowest BCUT2D eigenvalue weighted by Gasteiger charge is -2.08. The summed E-state index contributed by atoms with van der Waals surface area (Å²) in [6, 6.07) is 0. The van der Waals surface area contributed by atoms with Crippen molar-refractivity contribution in [2.45, 2.75) is 26.9 Å². The Kier molecular flexibility index (Phi) is 3.96. The smallest absolute Gasteiger partial charge is 0.189 e. The highest BCUT2D eigenvalue weighted by atomic mass is 16.7. The SMILES string of the molecule is C=C1/C=C(C(C)C)\C=C/C(C)OCO1. The van der Waals surface area contributed by atoms with E-state index >= 15 is 0 Å². The first-order chi connectivity index (χ1) is 6.59. The maximum atomic E-state index is 5.36. The molecule has 2 nitrogen and oxygen atoms in total. The first-order valence-corrected chi connectivity index (χ1v) is 4.92. The molecule has 0 aromatic carbocycles. The fraction of sp³-hybridized carbons (Fsp3) is 0.500. The van der Waals surface area contributed by atoms with Crippen molar-refractivity contribution in [1.29, 1.82) is 0 Å². The van der Waals surface area contributed by atoms with Crippen molar-refractivity contribution < 1.29 is 9.47 Å². The molecule has 1 heterocycles. The first kappa shape index (κ1) is 11.1. The van der Waals surface area contributed by atoms with Gasteiger partial charge in [0.15, 0.2) is 6.79 Å². The molecule has 2 heteroatoms. The van der Waals surface area contributed by atoms with Gasteiger partial charge in [0.1, 0.15) is 5.76 Å². The van der Waals surface area contributed by atoms with E-state index < -0.39 is 0 Å². The lowest BCUT2D eigenvalue weighted by molar-refractivity contribution is -0.0388. The summed E-state index contributed by atoms with van der Waals surface area (Å²) >= 11 is 0. The Labute approximate surface area is 85.9 Å². The van der Waals surface area contributed by atoms with E-state index in [0.717, 1.165) is 0 Å². The minimum atomic E-state index is 0.0862. The van der Waals surface area contributed by atoms with E-state index in [-0.39, 0.29) is 12.9 Å². The van der Waals surface area contributed by atoms with Crippen molar-refractivity contribution >= 4 is 0 Å². The second kappa shape index (κ2) is 5.01. The Morgan fingerprint density at radius 3 is 2.86 bits per heavy atom. The molecule has 1 unspecified atom stereocenters. The fourth-order valence-corrected chi connectivity index (χ4v) is 1.15. The van der Waals surface area contributed by atoms with Gasteiger partial charge in [0.05, 0.1) is 6.10 Å². The van der Waals surface area contributed by atoms with Crippen LogP contribution in [0.4, 0.5) is 0 Å². The van der Waals surface area contributed by atoms with Crippen molar-refractivity contribution in [3.63, 3.8) is 0 Å². The van der Waals surface area contributed by atoms with Crippen molar-refractivity contribution in [1.82, 2.24) is 0 Å². The average Bonchev–Trinajstić information content (AvgIpc) is 2.17. The van der Waals surface area contributed by atoms with E-state index in [9.17, 15) is 0 Å². The van der Waals surface area contributed by atoms with Crippen molar-refractivity contribution in [3.05, 3.63) is 36.1 Å². The topological polar surface area (TPSA) is 18.5 Å². The Morgan fingerprint density at radius 2 is 2.21 bits per heavy atom. The monoisotopic (exact) mass is 194 g/mol. The molecule has 0 fully saturated rings. The summed E-state index contributed by atoms with van der Waals surface area (Å²) in [6.45, 7) is 10.4. The maximum absolute atomic E-state index is 5.36. The molecule has 0 radical (unpaired) electrons. The van der Waals surface area contributed by atoms with Crippen molar-refractivity contribution in [2.75, 3.05) is 6.79 Å². The summed E-state index contributed by atoms with van der Waals surface area (Å²) in [4.78, 5) is 0. The van der Waals surface area contributed by atoms with Crippen LogP contribution in [0.1, 0.15) is 20.8 Å². The molecule has 1 aliphatic rings. The number of hydrogen-bond donors (Lipinski definition) is 0. The Morgan fingerprint density at radius 1 is 1.50 bits per heavy atom. The second-order valence-corrected chi connectivity index (χ2v) is 3.76. The molecule has 1 aliphatic heterocycles. The summed E-state index contributed by atoms with van der Waals surface area (Å²) < 4.78 is 10.6. The van der Waals surface area contributed by atoms with E-state index in [0.29, 0.717) is 11.7 Å². The Hall–Kier alpha value is -1.02. The third kappa shape index (κ3) is 3.38. The van der Waals surface area contributed by atoms with Gasteiger partial charge < -0.3 is 9.47 Å². The normalized spacial score (nSPS) is 29.6. The molecule has 0 N–H and O–H groups in total. The van der Waals surface area contributed by atoms with Gasteiger partial charge in [-0.3, -0.25) is 0 Å². The van der Waals surface area contributed by atoms with Gasteiger partial charge in [-0.1, -0.05) is 32.6 Å². The summed E-state index contributed by atoms with van der Waals surface area (Å²) in [6.07, 6.45) is 6.16. The zero-order valence-electron chi connectivity index (χ0n) is 9.12. The third-order valence-corrected chi connectivity index (χ3v) is 2.13. The number of ether oxygens (including phenoxy) is 2. The molecule has 0 spiro atoms. The standard InChI is InChI=1S/C12H18O2/c1-9(2)12-6-5-10(3)13-8-14-11(4)7-12/h5-7,9-10H,4,8H2,1-3H3/b6-5-,12-7+. The van der Waals surface area contributed by atoms with Gasteiger partial charge in [-0.05, 0) is 24.5 Å². The molecule has 0 saturated heterocycles. The van der Waals surface area contributed by atoms with E-state index in [1.165, 1.54) is 5.57 Å². The molecular weight excluding hydrogens is 176 g/mol. The third-order valence-electron chi connectivity index (χ3n) is 2.13. The second-order valence-electron chi connectivity index (χ2n) is 3.76. The van der Waals surface area contributed by atoms with Crippen LogP contribution in [0.25, 0.3) is 0 Å². The lowest BCUT2D eigenvalue weighted by atomic mass is 10.0. The Balaban J connectivity index is 2.83. The summed E-state index contributed by atoms with van der Waals surface area (Å²) in [5, 5.41) is 0. The molecule has 1 rings (SSSR count). The molecule has 0 saturated carbocycles. The molecule has 0 bridgehead atoms. The highest BCUT2D eigenvalue weighted by molar-refractivity contribution is 5.28. The van der Waals surface area contributed by atoms with Crippen LogP contribution in [0.5, 0.6) is 0 Å². The number of allylic oxidation sites excluding steroid dienone is 3. The molecular formula is C12H18O2. The molecule has 78 valence electrons. The molecule has 14 heavy (non-hydrogen) atoms. The van der Waals surface area contributed by atoms with E-state index in [1.807, 2.05) is 19.1 Å². The molecule has 0 amide bonds. The fourth-order valence-electron chi connectivity index (χ4n) is 1.15. The van der Waals surface area contributed by atoms with Crippen LogP contribution >= 0.6 is 0 Å². The van der Waals surface area contributed by atoms with Gasteiger partial charge in [0.25, 0.3) is 0 Å². The van der Waals surface area contributed by atoms with Crippen LogP contribution in [-0.2, 0) is 9.47 Å². The van der Waals surface area contributed by atoms with Crippen LogP contribution in [0.2, 0.25) is 0 Å². The number of rotatable bonds is 1. The van der Waals surface area contributed by atoms with Crippen LogP contribution in [-0.4, -0.2) is 12.9 Å². The predicted octanol–water partition coefficient (Wildman–Crippen LogP) is 3.03. The molecule has 0 aliphatic carbocycles. The van der Waals surface area contributed by atoms with Gasteiger partial charge in [-0.15, -0.1) is 0 Å². The largest absolute Gasteiger partial charge is 0.468 e. The van der Waals surface area contributed by atoms with Crippen LogP contribution in [0.15, 0.2) is 36.1 Å². The van der Waals surface area contributed by atoms with E-state index in [2.05, 4.69) is 26.5 Å². The summed E-state index contributed by atoms with van der Waals surface area (Å²) in [5.74, 6) is 1.13. The molecule has 0 aromatic rings. The predicted molar refractivity (Wildman–Crippen MR) is 57.7 cm³/mol. The highest BCUT2D eigenvalue weighted by Gasteiger charge is 2.05. The molecule has 1 atom stereocenters. The minimum absolute atomic E-state index is 0.0862. The van der Waals surface area contributed by atoms with Crippen LogP contribution in [0.3, 0.4) is 0 Å². The zero-order valence-corrected chi connectivity index (χ0v) is 9.12. The summed E-state index contributed by atoms with van der Waals surface area (Å²) in [5.41, 5.74) is 1.22. The lowest BCUT2D eigenvalue weighted by Crippen LogP contribution is -2.06. The van der Waals surface area contributed by atoms with Gasteiger partial charge in [0.2, 0.25) is 0 Å². The van der Waals surface area contributed by atoms with E-state index in [4.69, 9.17) is 9.47 Å². The first-order valence-electron chi connectivity index (χ1n) is 4.92. The minimum Gasteiger partial charge on any atom is -0.468 e. The van der Waals surface area contributed by atoms with Crippen molar-refractivity contribution in [3.8, 4) is 0 Å².